The lowest BCUT2D eigenvalue weighted by molar-refractivity contribution is -0.110. The number of hydrogen-bond acceptors (Lipinski definition) is 6. The zero-order valence-corrected chi connectivity index (χ0v) is 36.3. The van der Waals surface area contributed by atoms with Crippen molar-refractivity contribution in [3.8, 4) is 0 Å². The SMILES string of the molecule is CC.CC=O.CCCCCC(C)C=O.CCCCCCCCCCCCCCCC.COCCCCCCN(CCCCO)CCCCCCO. The van der Waals surface area contributed by atoms with Crippen molar-refractivity contribution in [1.82, 2.24) is 4.90 Å². The topological polar surface area (TPSA) is 87.1 Å². The predicted octanol–water partition coefficient (Wildman–Crippen LogP) is 12.9. The van der Waals surface area contributed by atoms with Gasteiger partial charge in [0.25, 0.3) is 0 Å². The highest BCUT2D eigenvalue weighted by molar-refractivity contribution is 5.52. The van der Waals surface area contributed by atoms with Crippen LogP contribution in [0.2, 0.25) is 0 Å². The maximum atomic E-state index is 10.1. The number of methoxy groups -OCH3 is 1. The number of aliphatic hydroxyl groups excluding tert-OH is 2. The molecule has 1 unspecified atom stereocenters. The van der Waals surface area contributed by atoms with Crippen LogP contribution in [0.3, 0.4) is 0 Å². The van der Waals surface area contributed by atoms with Gasteiger partial charge in [0.1, 0.15) is 12.6 Å². The molecule has 312 valence electrons. The molecule has 6 heteroatoms. The van der Waals surface area contributed by atoms with E-state index in [4.69, 9.17) is 19.7 Å². The smallest absolute Gasteiger partial charge is 0.122 e. The summed E-state index contributed by atoms with van der Waals surface area (Å²) in [4.78, 5) is 21.5. The summed E-state index contributed by atoms with van der Waals surface area (Å²) in [6.07, 6.45) is 38.5. The molecule has 0 bridgehead atoms. The lowest BCUT2D eigenvalue weighted by Gasteiger charge is -2.22. The fourth-order valence-electron chi connectivity index (χ4n) is 5.57. The summed E-state index contributed by atoms with van der Waals surface area (Å²) < 4.78 is 5.07. The molecule has 0 amide bonds. The average molecular weight is 732 g/mol. The number of aldehydes is 2. The molecule has 0 aliphatic carbocycles. The van der Waals surface area contributed by atoms with E-state index in [1.807, 2.05) is 20.8 Å². The maximum Gasteiger partial charge on any atom is 0.122 e. The van der Waals surface area contributed by atoms with Crippen molar-refractivity contribution < 1.29 is 24.5 Å². The summed E-state index contributed by atoms with van der Waals surface area (Å²) in [7, 11) is 1.76. The van der Waals surface area contributed by atoms with Gasteiger partial charge in [0, 0.05) is 32.8 Å². The molecule has 0 fully saturated rings. The van der Waals surface area contributed by atoms with Crippen molar-refractivity contribution in [3.05, 3.63) is 0 Å². The Morgan fingerprint density at radius 1 is 0.510 bits per heavy atom. The van der Waals surface area contributed by atoms with Crippen LogP contribution in [-0.2, 0) is 14.3 Å². The van der Waals surface area contributed by atoms with E-state index in [9.17, 15) is 4.79 Å². The largest absolute Gasteiger partial charge is 0.396 e. The Morgan fingerprint density at radius 2 is 0.804 bits per heavy atom. The summed E-state index contributed by atoms with van der Waals surface area (Å²) in [5.41, 5.74) is 0. The molecule has 0 aliphatic rings. The summed E-state index contributed by atoms with van der Waals surface area (Å²) in [6.45, 7) is 19.1. The van der Waals surface area contributed by atoms with Crippen molar-refractivity contribution >= 4 is 12.6 Å². The molecule has 0 saturated heterocycles. The molecule has 0 spiro atoms. The maximum absolute atomic E-state index is 10.1. The van der Waals surface area contributed by atoms with Gasteiger partial charge in [-0.15, -0.1) is 0 Å². The number of unbranched alkanes of at least 4 members (excludes halogenated alkanes) is 22. The fraction of sp³-hybridized carbons (Fsp3) is 0.956. The minimum atomic E-state index is 0.275. The van der Waals surface area contributed by atoms with Crippen molar-refractivity contribution in [2.24, 2.45) is 5.92 Å². The highest BCUT2D eigenvalue weighted by Gasteiger charge is 2.04. The lowest BCUT2D eigenvalue weighted by Crippen LogP contribution is -2.27. The molecular formula is C45H97NO5. The van der Waals surface area contributed by atoms with Gasteiger partial charge in [0.05, 0.1) is 0 Å². The lowest BCUT2D eigenvalue weighted by atomic mass is 10.0. The predicted molar refractivity (Wildman–Crippen MR) is 227 cm³/mol. The van der Waals surface area contributed by atoms with Gasteiger partial charge in [0.15, 0.2) is 0 Å². The van der Waals surface area contributed by atoms with E-state index in [1.165, 1.54) is 161 Å². The Kier molecular flexibility index (Phi) is 74.8. The standard InChI is InChI=1S/C17H37NO3.C16H34.C8H16O.C2H4O.C2H6/c1-21-17-11-5-3-7-13-18(14-8-10-16-20)12-6-2-4-9-15-19;1-3-5-7-9-11-13-15-16-14-12-10-8-6-4-2;1-3-4-5-6-8(2)7-9;1-2-3;1-2/h19-20H,2-17H2,1H3;3-16H2,1-2H3;7-8H,3-6H2,1-2H3;2H,1H3;1-2H3. The van der Waals surface area contributed by atoms with Crippen LogP contribution >= 0.6 is 0 Å². The highest BCUT2D eigenvalue weighted by atomic mass is 16.5. The van der Waals surface area contributed by atoms with E-state index in [1.54, 1.807) is 7.11 Å². The molecule has 0 rings (SSSR count). The highest BCUT2D eigenvalue weighted by Crippen LogP contribution is 2.13. The van der Waals surface area contributed by atoms with Crippen molar-refractivity contribution in [2.45, 2.75) is 228 Å². The number of carbonyl (C=O) groups is 2. The minimum Gasteiger partial charge on any atom is -0.396 e. The molecule has 0 aromatic carbocycles. The first-order chi connectivity index (χ1) is 25.0. The van der Waals surface area contributed by atoms with Gasteiger partial charge in [-0.25, -0.2) is 0 Å². The minimum absolute atomic E-state index is 0.275. The van der Waals surface area contributed by atoms with Gasteiger partial charge in [-0.1, -0.05) is 176 Å². The van der Waals surface area contributed by atoms with Gasteiger partial charge in [-0.3, -0.25) is 0 Å². The fourth-order valence-corrected chi connectivity index (χ4v) is 5.57. The second kappa shape index (κ2) is 64.2. The van der Waals surface area contributed by atoms with Crippen molar-refractivity contribution in [2.75, 3.05) is 46.6 Å². The van der Waals surface area contributed by atoms with Gasteiger partial charge in [-0.05, 0) is 71.5 Å². The summed E-state index contributed by atoms with van der Waals surface area (Å²) in [6, 6.07) is 0. The summed E-state index contributed by atoms with van der Waals surface area (Å²) in [5.74, 6) is 0.275. The quantitative estimate of drug-likeness (QED) is 0.0498. The molecule has 0 heterocycles. The number of hydrogen-bond donors (Lipinski definition) is 2. The van der Waals surface area contributed by atoms with E-state index in [2.05, 4.69) is 25.7 Å². The van der Waals surface area contributed by atoms with E-state index in [-0.39, 0.29) is 5.92 Å². The zero-order chi connectivity index (χ0) is 39.3. The van der Waals surface area contributed by atoms with Gasteiger partial charge < -0.3 is 29.4 Å². The van der Waals surface area contributed by atoms with E-state index in [0.29, 0.717) is 13.2 Å². The first-order valence-corrected chi connectivity index (χ1v) is 22.3. The molecule has 2 N–H and O–H groups in total. The third kappa shape index (κ3) is 71.3. The van der Waals surface area contributed by atoms with Crippen LogP contribution in [0.25, 0.3) is 0 Å². The Labute approximate surface area is 322 Å². The van der Waals surface area contributed by atoms with Gasteiger partial charge >= 0.3 is 0 Å². The van der Waals surface area contributed by atoms with Crippen LogP contribution < -0.4 is 0 Å². The van der Waals surface area contributed by atoms with Crippen molar-refractivity contribution in [1.29, 1.82) is 0 Å². The second-order valence-corrected chi connectivity index (χ2v) is 13.9. The Hall–Kier alpha value is -0.820. The van der Waals surface area contributed by atoms with E-state index >= 15 is 0 Å². The average Bonchev–Trinajstić information content (AvgIpc) is 3.15. The molecule has 0 saturated carbocycles. The number of carbonyl (C=O) groups excluding carboxylic acids is 2. The van der Waals surface area contributed by atoms with Crippen LogP contribution in [-0.4, -0.2) is 74.2 Å². The van der Waals surface area contributed by atoms with E-state index < -0.39 is 0 Å². The van der Waals surface area contributed by atoms with Crippen LogP contribution in [0.15, 0.2) is 0 Å². The van der Waals surface area contributed by atoms with Crippen molar-refractivity contribution in [3.63, 3.8) is 0 Å². The molecular weight excluding hydrogens is 634 g/mol. The van der Waals surface area contributed by atoms with Crippen LogP contribution in [0.5, 0.6) is 0 Å². The molecule has 0 aromatic heterocycles. The van der Waals surface area contributed by atoms with Crippen LogP contribution in [0.4, 0.5) is 0 Å². The van der Waals surface area contributed by atoms with Gasteiger partial charge in [0.2, 0.25) is 0 Å². The molecule has 0 aromatic rings. The third-order valence-corrected chi connectivity index (χ3v) is 8.79. The second-order valence-electron chi connectivity index (χ2n) is 13.9. The molecule has 51 heavy (non-hydrogen) atoms. The Balaban J connectivity index is -0.000000207. The number of ether oxygens (including phenoxy) is 1. The molecule has 0 aliphatic heterocycles. The van der Waals surface area contributed by atoms with Gasteiger partial charge in [-0.2, -0.15) is 0 Å². The van der Waals surface area contributed by atoms with Crippen LogP contribution in [0, 0.1) is 5.92 Å². The monoisotopic (exact) mass is 732 g/mol. The Bertz CT molecular complexity index is 535. The number of nitrogens with zero attached hydrogens (tertiary/aromatic N) is 1. The van der Waals surface area contributed by atoms with Crippen LogP contribution in [0.1, 0.15) is 228 Å². The summed E-state index contributed by atoms with van der Waals surface area (Å²) in [5, 5.41) is 17.7. The zero-order valence-electron chi connectivity index (χ0n) is 36.3. The molecule has 1 atom stereocenters. The molecule has 6 nitrogen and oxygen atoms in total. The molecule has 0 radical (unpaired) electrons. The first-order valence-electron chi connectivity index (χ1n) is 22.3. The van der Waals surface area contributed by atoms with E-state index in [0.717, 1.165) is 64.4 Å². The third-order valence-electron chi connectivity index (χ3n) is 8.79. The Morgan fingerprint density at radius 3 is 1.16 bits per heavy atom. The number of aliphatic hydroxyl groups is 2. The normalized spacial score (nSPS) is 10.8. The first kappa shape index (κ1) is 59.5. The number of rotatable bonds is 35. The summed E-state index contributed by atoms with van der Waals surface area (Å²) >= 11 is 0.